The molecule has 0 bridgehead atoms. The maximum atomic E-state index is 12.7. The Balaban J connectivity index is 0.00000326. The lowest BCUT2D eigenvalue weighted by Crippen LogP contribution is -2.38. The van der Waals surface area contributed by atoms with Crippen molar-refractivity contribution in [1.82, 2.24) is 14.9 Å². The fourth-order valence-electron chi connectivity index (χ4n) is 3.96. The van der Waals surface area contributed by atoms with Crippen molar-refractivity contribution in [2.75, 3.05) is 6.54 Å². The number of Topliss-reactive ketones (excluding diaryl/α,β-unsaturated/α-hetero) is 1. The highest BCUT2D eigenvalue weighted by Crippen LogP contribution is 2.16. The molecule has 2 rings (SSSR count). The number of hydrogen-bond donors (Lipinski definition) is 2. The van der Waals surface area contributed by atoms with Crippen LogP contribution in [0.15, 0.2) is 51.2 Å². The number of terminal acetylenes is 1. The van der Waals surface area contributed by atoms with E-state index in [0.29, 0.717) is 24.8 Å². The molecule has 2 atom stereocenters. The number of H-pyrrole nitrogens is 1. The Morgan fingerprint density at radius 2 is 1.79 bits per heavy atom. The minimum atomic E-state index is -0.487. The fourth-order valence-corrected chi connectivity index (χ4v) is 3.96. The van der Waals surface area contributed by atoms with E-state index in [9.17, 15) is 19.2 Å². The van der Waals surface area contributed by atoms with Gasteiger partial charge in [0, 0.05) is 48.5 Å². The van der Waals surface area contributed by atoms with E-state index >= 15 is 0 Å². The molecule has 0 aliphatic heterocycles. The van der Waals surface area contributed by atoms with E-state index in [4.69, 9.17) is 0 Å². The van der Waals surface area contributed by atoms with Crippen LogP contribution in [0.4, 0.5) is 0 Å². The van der Waals surface area contributed by atoms with Crippen molar-refractivity contribution < 1.29 is 9.59 Å². The van der Waals surface area contributed by atoms with E-state index in [1.54, 1.807) is 6.20 Å². The number of hydrogen-bond acceptors (Lipinski definition) is 5. The Bertz CT molecular complexity index is 1120. The van der Waals surface area contributed by atoms with Gasteiger partial charge in [-0.1, -0.05) is 51.2 Å². The topological polar surface area (TPSA) is 113 Å². The van der Waals surface area contributed by atoms with Crippen molar-refractivity contribution in [2.45, 2.75) is 79.7 Å². The second-order valence-corrected chi connectivity index (χ2v) is 8.47. The lowest BCUT2D eigenvalue weighted by Gasteiger charge is -2.19. The standard InChI is InChI=1S/C26H36N4O4.C2H6.C2H2/c1-4-9-20(11-8-10-19(3)17-27-15-5-2)23(31)18-28-24(32)14-16-30-22-13-7-6-12-21(22)25(33)29-26(30)34;2*1-2/h4-5,8-10,15,17,19-20H,6-7,11-14,16,18H2,1-3H3,(H,28,32)(H,29,33,34);1-2H3;1-2H/b9-4-,10-8+,15-5-,27-17?;;. The second kappa shape index (κ2) is 20.3. The third kappa shape index (κ3) is 12.0. The number of nitrogens with one attached hydrogen (secondary N) is 2. The molecule has 1 aliphatic rings. The lowest BCUT2D eigenvalue weighted by atomic mass is 9.97. The molecule has 1 aromatic rings. The molecule has 38 heavy (non-hydrogen) atoms. The smallest absolute Gasteiger partial charge is 0.328 e. The average molecular weight is 525 g/mol. The number of allylic oxidation sites excluding steroid dienone is 5. The Labute approximate surface area is 227 Å². The van der Waals surface area contributed by atoms with Crippen LogP contribution in [-0.4, -0.2) is 34.0 Å². The SMILES string of the molecule is C#C.C/C=C\N=CC(C)/C=C/CC(/C=C\C)C(=O)CNC(=O)CCn1c2c(c(=O)[nH]c1=O)CCCC2.CC. The van der Waals surface area contributed by atoms with E-state index in [1.165, 1.54) is 4.57 Å². The van der Waals surface area contributed by atoms with Gasteiger partial charge in [0.05, 0.1) is 6.54 Å². The number of ketones is 1. The molecule has 1 amide bonds. The van der Waals surface area contributed by atoms with E-state index < -0.39 is 5.69 Å². The summed E-state index contributed by atoms with van der Waals surface area (Å²) in [6.07, 6.45) is 24.8. The van der Waals surface area contributed by atoms with Crippen molar-refractivity contribution in [3.8, 4) is 12.8 Å². The molecule has 8 heteroatoms. The highest BCUT2D eigenvalue weighted by molar-refractivity contribution is 5.88. The zero-order valence-corrected chi connectivity index (χ0v) is 23.5. The molecule has 208 valence electrons. The molecule has 0 spiro atoms. The van der Waals surface area contributed by atoms with E-state index in [1.807, 2.05) is 71.2 Å². The highest BCUT2D eigenvalue weighted by Gasteiger charge is 2.19. The van der Waals surface area contributed by atoms with Gasteiger partial charge in [-0.25, -0.2) is 4.79 Å². The van der Waals surface area contributed by atoms with Crippen LogP contribution < -0.4 is 16.6 Å². The monoisotopic (exact) mass is 524 g/mol. The number of rotatable bonds is 12. The summed E-state index contributed by atoms with van der Waals surface area (Å²) in [5, 5.41) is 2.67. The number of aromatic amines is 1. The van der Waals surface area contributed by atoms with Crippen molar-refractivity contribution in [1.29, 1.82) is 0 Å². The summed E-state index contributed by atoms with van der Waals surface area (Å²) in [5.74, 6) is -0.557. The number of aliphatic imine (C=N–C) groups is 1. The van der Waals surface area contributed by atoms with Gasteiger partial charge in [-0.3, -0.25) is 28.9 Å². The maximum absolute atomic E-state index is 12.7. The van der Waals surface area contributed by atoms with Gasteiger partial charge < -0.3 is 5.32 Å². The first-order valence-electron chi connectivity index (χ1n) is 13.3. The van der Waals surface area contributed by atoms with Crippen molar-refractivity contribution >= 4 is 17.9 Å². The molecular formula is C30H44N4O4. The van der Waals surface area contributed by atoms with Gasteiger partial charge in [-0.05, 0) is 46.0 Å². The Morgan fingerprint density at radius 3 is 2.45 bits per heavy atom. The Hall–Kier alpha value is -3.73. The first-order valence-corrected chi connectivity index (χ1v) is 13.3. The third-order valence-corrected chi connectivity index (χ3v) is 5.75. The molecular weight excluding hydrogens is 480 g/mol. The Morgan fingerprint density at radius 1 is 1.11 bits per heavy atom. The average Bonchev–Trinajstić information content (AvgIpc) is 2.93. The summed E-state index contributed by atoms with van der Waals surface area (Å²) in [7, 11) is 0. The minimum Gasteiger partial charge on any atom is -0.349 e. The van der Waals surface area contributed by atoms with Crippen LogP contribution in [0.1, 0.15) is 71.6 Å². The van der Waals surface area contributed by atoms with Gasteiger partial charge >= 0.3 is 5.69 Å². The van der Waals surface area contributed by atoms with Crippen LogP contribution >= 0.6 is 0 Å². The summed E-state index contributed by atoms with van der Waals surface area (Å²) < 4.78 is 1.49. The predicted molar refractivity (Wildman–Crippen MR) is 156 cm³/mol. The quantitative estimate of drug-likeness (QED) is 0.243. The summed E-state index contributed by atoms with van der Waals surface area (Å²) in [4.78, 5) is 55.8. The van der Waals surface area contributed by atoms with Crippen molar-refractivity contribution in [3.05, 3.63) is 68.7 Å². The fraction of sp³-hybridized carbons (Fsp3) is 0.500. The normalized spacial score (nSPS) is 14.4. The number of aromatic nitrogens is 2. The predicted octanol–water partition coefficient (Wildman–Crippen LogP) is 4.15. The largest absolute Gasteiger partial charge is 0.349 e. The summed E-state index contributed by atoms with van der Waals surface area (Å²) in [6.45, 7) is 9.88. The second-order valence-electron chi connectivity index (χ2n) is 8.47. The van der Waals surface area contributed by atoms with Gasteiger partial charge in [0.1, 0.15) is 0 Å². The number of carbonyl (C=O) groups is 2. The van der Waals surface area contributed by atoms with Crippen LogP contribution in [0, 0.1) is 24.7 Å². The van der Waals surface area contributed by atoms with Crippen molar-refractivity contribution in [2.24, 2.45) is 16.8 Å². The summed E-state index contributed by atoms with van der Waals surface area (Å²) >= 11 is 0. The summed E-state index contributed by atoms with van der Waals surface area (Å²) in [5.41, 5.74) is 0.564. The molecule has 1 aromatic heterocycles. The van der Waals surface area contributed by atoms with Gasteiger partial charge in [0.25, 0.3) is 5.56 Å². The molecule has 1 heterocycles. The van der Waals surface area contributed by atoms with Crippen LogP contribution in [0.2, 0.25) is 0 Å². The zero-order valence-electron chi connectivity index (χ0n) is 23.5. The number of nitrogens with zero attached hydrogens (tertiary/aromatic N) is 2. The van der Waals surface area contributed by atoms with Gasteiger partial charge in [0.2, 0.25) is 5.91 Å². The zero-order chi connectivity index (χ0) is 28.9. The number of carbonyl (C=O) groups excluding carboxylic acids is 2. The Kier molecular flexibility index (Phi) is 18.3. The van der Waals surface area contributed by atoms with Crippen LogP contribution in [0.5, 0.6) is 0 Å². The number of amides is 1. The maximum Gasteiger partial charge on any atom is 0.328 e. The van der Waals surface area contributed by atoms with Gasteiger partial charge in [-0.15, -0.1) is 12.8 Å². The van der Waals surface area contributed by atoms with Crippen molar-refractivity contribution in [3.63, 3.8) is 0 Å². The molecule has 8 nitrogen and oxygen atoms in total. The molecule has 0 saturated carbocycles. The molecule has 0 aromatic carbocycles. The van der Waals surface area contributed by atoms with Crippen LogP contribution in [0.25, 0.3) is 0 Å². The third-order valence-electron chi connectivity index (χ3n) is 5.75. The van der Waals surface area contributed by atoms with E-state index in [2.05, 4.69) is 28.1 Å². The lowest BCUT2D eigenvalue weighted by molar-refractivity contribution is -0.126. The molecule has 2 N–H and O–H groups in total. The molecule has 0 fully saturated rings. The summed E-state index contributed by atoms with van der Waals surface area (Å²) in [6, 6.07) is 0. The van der Waals surface area contributed by atoms with Gasteiger partial charge in [-0.2, -0.15) is 0 Å². The highest BCUT2D eigenvalue weighted by atomic mass is 16.2. The first kappa shape index (κ1) is 34.3. The minimum absolute atomic E-state index is 0.0584. The van der Waals surface area contributed by atoms with Gasteiger partial charge in [0.15, 0.2) is 5.78 Å². The molecule has 2 unspecified atom stereocenters. The van der Waals surface area contributed by atoms with E-state index in [0.717, 1.165) is 18.5 Å². The first-order chi connectivity index (χ1) is 18.4. The molecule has 1 aliphatic carbocycles. The van der Waals surface area contributed by atoms with E-state index in [-0.39, 0.29) is 48.6 Å². The molecule has 0 saturated heterocycles. The van der Waals surface area contributed by atoms with Crippen LogP contribution in [-0.2, 0) is 29.0 Å². The number of fused-ring (bicyclic) bond motifs is 1. The van der Waals surface area contributed by atoms with Crippen LogP contribution in [0.3, 0.4) is 0 Å². The molecule has 0 radical (unpaired) electrons.